The average molecular weight is 198 g/mol. The summed E-state index contributed by atoms with van der Waals surface area (Å²) in [5.41, 5.74) is 0.219. The zero-order chi connectivity index (χ0) is 10.6. The molecule has 80 valence electrons. The second kappa shape index (κ2) is 4.57. The Morgan fingerprint density at radius 1 is 1.64 bits per heavy atom. The maximum atomic E-state index is 9.95. The summed E-state index contributed by atoms with van der Waals surface area (Å²) in [6.45, 7) is 4.68. The summed E-state index contributed by atoms with van der Waals surface area (Å²) in [5, 5.41) is 14.0. The molecule has 0 amide bonds. The lowest BCUT2D eigenvalue weighted by Gasteiger charge is -2.21. The average Bonchev–Trinajstić information content (AvgIpc) is 2.47. The highest BCUT2D eigenvalue weighted by Crippen LogP contribution is 2.12. The van der Waals surface area contributed by atoms with E-state index in [4.69, 9.17) is 4.74 Å². The van der Waals surface area contributed by atoms with Crippen LogP contribution in [0.5, 0.6) is 0 Å². The normalized spacial score (nSPS) is 15.4. The van der Waals surface area contributed by atoms with Crippen molar-refractivity contribution in [2.45, 2.75) is 25.9 Å². The summed E-state index contributed by atoms with van der Waals surface area (Å²) < 4.78 is 6.93. The second-order valence-corrected chi connectivity index (χ2v) is 3.83. The zero-order valence-corrected chi connectivity index (χ0v) is 9.03. The molecule has 0 aliphatic carbocycles. The minimum atomic E-state index is -0.807. The van der Waals surface area contributed by atoms with Gasteiger partial charge in [0.1, 0.15) is 0 Å². The summed E-state index contributed by atoms with van der Waals surface area (Å²) >= 11 is 0. The highest BCUT2D eigenvalue weighted by Gasteiger charge is 2.21. The standard InChI is InChI=1S/C10H18N2O2/c1-4-14-8-10(2,13)5-9-6-11-12(3)7-9/h6-7,13H,4-5,8H2,1-3H3. The Labute approximate surface area is 84.5 Å². The van der Waals surface area contributed by atoms with Crippen LogP contribution in [-0.4, -0.2) is 33.7 Å². The lowest BCUT2D eigenvalue weighted by molar-refractivity contribution is -0.0296. The van der Waals surface area contributed by atoms with E-state index in [2.05, 4.69) is 5.10 Å². The summed E-state index contributed by atoms with van der Waals surface area (Å²) in [6, 6.07) is 0. The smallest absolute Gasteiger partial charge is 0.0893 e. The highest BCUT2D eigenvalue weighted by molar-refractivity contribution is 5.07. The monoisotopic (exact) mass is 198 g/mol. The van der Waals surface area contributed by atoms with Gasteiger partial charge in [0, 0.05) is 26.3 Å². The first-order valence-electron chi connectivity index (χ1n) is 4.81. The number of nitrogens with zero attached hydrogens (tertiary/aromatic N) is 2. The van der Waals surface area contributed by atoms with Crippen molar-refractivity contribution in [3.05, 3.63) is 18.0 Å². The predicted octanol–water partition coefficient (Wildman–Crippen LogP) is 0.750. The Bertz CT molecular complexity index is 281. The number of hydrogen-bond donors (Lipinski definition) is 1. The summed E-state index contributed by atoms with van der Waals surface area (Å²) in [6.07, 6.45) is 4.24. The van der Waals surface area contributed by atoms with E-state index in [1.807, 2.05) is 20.2 Å². The van der Waals surface area contributed by atoms with Crippen LogP contribution in [0.25, 0.3) is 0 Å². The minimum absolute atomic E-state index is 0.360. The highest BCUT2D eigenvalue weighted by atomic mass is 16.5. The lowest BCUT2D eigenvalue weighted by Crippen LogP contribution is -2.33. The largest absolute Gasteiger partial charge is 0.387 e. The minimum Gasteiger partial charge on any atom is -0.387 e. The molecule has 0 fully saturated rings. The van der Waals surface area contributed by atoms with E-state index in [0.29, 0.717) is 19.6 Å². The molecule has 0 saturated carbocycles. The van der Waals surface area contributed by atoms with Gasteiger partial charge in [0.15, 0.2) is 0 Å². The van der Waals surface area contributed by atoms with Gasteiger partial charge in [-0.15, -0.1) is 0 Å². The van der Waals surface area contributed by atoms with Crippen LogP contribution in [0, 0.1) is 0 Å². The van der Waals surface area contributed by atoms with Crippen LogP contribution in [-0.2, 0) is 18.2 Å². The van der Waals surface area contributed by atoms with Crippen LogP contribution < -0.4 is 0 Å². The molecule has 0 aromatic carbocycles. The van der Waals surface area contributed by atoms with Gasteiger partial charge in [-0.25, -0.2) is 0 Å². The Morgan fingerprint density at radius 2 is 2.36 bits per heavy atom. The van der Waals surface area contributed by atoms with Crippen molar-refractivity contribution >= 4 is 0 Å². The van der Waals surface area contributed by atoms with E-state index in [0.717, 1.165) is 5.56 Å². The summed E-state index contributed by atoms with van der Waals surface area (Å²) in [4.78, 5) is 0. The molecule has 0 aliphatic rings. The van der Waals surface area contributed by atoms with Crippen LogP contribution in [0.3, 0.4) is 0 Å². The predicted molar refractivity (Wildman–Crippen MR) is 54.0 cm³/mol. The van der Waals surface area contributed by atoms with Crippen LogP contribution in [0.2, 0.25) is 0 Å². The van der Waals surface area contributed by atoms with Crippen molar-refractivity contribution in [3.8, 4) is 0 Å². The molecule has 1 aromatic heterocycles. The third-order valence-corrected chi connectivity index (χ3v) is 1.96. The number of aryl methyl sites for hydroxylation is 1. The fourth-order valence-electron chi connectivity index (χ4n) is 1.38. The van der Waals surface area contributed by atoms with E-state index in [9.17, 15) is 5.11 Å². The van der Waals surface area contributed by atoms with Crippen molar-refractivity contribution < 1.29 is 9.84 Å². The third-order valence-electron chi connectivity index (χ3n) is 1.96. The number of aromatic nitrogens is 2. The second-order valence-electron chi connectivity index (χ2n) is 3.83. The Hall–Kier alpha value is -0.870. The van der Waals surface area contributed by atoms with E-state index >= 15 is 0 Å². The Kier molecular flexibility index (Phi) is 3.66. The Morgan fingerprint density at radius 3 is 2.86 bits per heavy atom. The van der Waals surface area contributed by atoms with Gasteiger partial charge in [-0.05, 0) is 19.4 Å². The van der Waals surface area contributed by atoms with Crippen molar-refractivity contribution in [2.24, 2.45) is 7.05 Å². The van der Waals surface area contributed by atoms with Crippen molar-refractivity contribution in [3.63, 3.8) is 0 Å². The third kappa shape index (κ3) is 3.47. The zero-order valence-electron chi connectivity index (χ0n) is 9.03. The number of hydrogen-bond acceptors (Lipinski definition) is 3. The maximum Gasteiger partial charge on any atom is 0.0893 e. The van der Waals surface area contributed by atoms with Gasteiger partial charge in [-0.2, -0.15) is 5.10 Å². The first kappa shape index (κ1) is 11.2. The molecular formula is C10H18N2O2. The van der Waals surface area contributed by atoms with Gasteiger partial charge in [0.25, 0.3) is 0 Å². The molecular weight excluding hydrogens is 180 g/mol. The van der Waals surface area contributed by atoms with Crippen molar-refractivity contribution in [1.29, 1.82) is 0 Å². The SMILES string of the molecule is CCOCC(C)(O)Cc1cnn(C)c1. The Balaban J connectivity index is 2.49. The molecule has 0 aliphatic heterocycles. The van der Waals surface area contributed by atoms with E-state index in [1.165, 1.54) is 0 Å². The van der Waals surface area contributed by atoms with Crippen LogP contribution >= 0.6 is 0 Å². The molecule has 4 nitrogen and oxygen atoms in total. The summed E-state index contributed by atoms with van der Waals surface area (Å²) in [5.74, 6) is 0. The molecule has 0 radical (unpaired) electrons. The molecule has 4 heteroatoms. The van der Waals surface area contributed by atoms with Crippen LogP contribution in [0.4, 0.5) is 0 Å². The van der Waals surface area contributed by atoms with Crippen molar-refractivity contribution in [2.75, 3.05) is 13.2 Å². The summed E-state index contributed by atoms with van der Waals surface area (Å²) in [7, 11) is 1.86. The fraction of sp³-hybridized carbons (Fsp3) is 0.700. The molecule has 1 unspecified atom stereocenters. The van der Waals surface area contributed by atoms with Crippen LogP contribution in [0.1, 0.15) is 19.4 Å². The first-order chi connectivity index (χ1) is 6.53. The van der Waals surface area contributed by atoms with Crippen LogP contribution in [0.15, 0.2) is 12.4 Å². The topological polar surface area (TPSA) is 47.3 Å². The molecule has 0 spiro atoms. The van der Waals surface area contributed by atoms with E-state index in [1.54, 1.807) is 17.8 Å². The molecule has 0 bridgehead atoms. The fourth-order valence-corrected chi connectivity index (χ4v) is 1.38. The number of rotatable bonds is 5. The van der Waals surface area contributed by atoms with Gasteiger partial charge in [-0.3, -0.25) is 4.68 Å². The quantitative estimate of drug-likeness (QED) is 0.759. The number of ether oxygens (including phenoxy) is 1. The molecule has 0 saturated heterocycles. The number of aliphatic hydroxyl groups is 1. The van der Waals surface area contributed by atoms with Gasteiger partial charge in [0.05, 0.1) is 18.4 Å². The molecule has 1 rings (SSSR count). The molecule has 1 heterocycles. The van der Waals surface area contributed by atoms with E-state index < -0.39 is 5.60 Å². The maximum absolute atomic E-state index is 9.95. The van der Waals surface area contributed by atoms with Gasteiger partial charge in [-0.1, -0.05) is 0 Å². The molecule has 1 N–H and O–H groups in total. The van der Waals surface area contributed by atoms with Crippen molar-refractivity contribution in [1.82, 2.24) is 9.78 Å². The van der Waals surface area contributed by atoms with Gasteiger partial charge >= 0.3 is 0 Å². The van der Waals surface area contributed by atoms with Gasteiger partial charge < -0.3 is 9.84 Å². The molecule has 1 atom stereocenters. The van der Waals surface area contributed by atoms with Gasteiger partial charge in [0.2, 0.25) is 0 Å². The van der Waals surface area contributed by atoms with E-state index in [-0.39, 0.29) is 0 Å². The molecule has 14 heavy (non-hydrogen) atoms. The lowest BCUT2D eigenvalue weighted by atomic mass is 10.00. The first-order valence-corrected chi connectivity index (χ1v) is 4.81. The molecule has 1 aromatic rings.